The van der Waals surface area contributed by atoms with Gasteiger partial charge in [0.1, 0.15) is 13.2 Å². The van der Waals surface area contributed by atoms with Gasteiger partial charge in [0.15, 0.2) is 0 Å². The molecule has 0 aliphatic heterocycles. The van der Waals surface area contributed by atoms with E-state index in [-0.39, 0.29) is 17.2 Å². The van der Waals surface area contributed by atoms with Gasteiger partial charge in [0.2, 0.25) is 0 Å². The molecule has 0 saturated heterocycles. The molecule has 0 radical (unpaired) electrons. The third-order valence-corrected chi connectivity index (χ3v) is 9.46. The Labute approximate surface area is 310 Å². The van der Waals surface area contributed by atoms with Crippen molar-refractivity contribution in [2.75, 3.05) is 52.7 Å². The molecule has 0 spiro atoms. The van der Waals surface area contributed by atoms with Crippen LogP contribution >= 0.6 is 11.8 Å². The minimum Gasteiger partial charge on any atom is -0.461 e. The van der Waals surface area contributed by atoms with Crippen LogP contribution in [0.3, 0.4) is 0 Å². The molecule has 1 aromatic carbocycles. The van der Waals surface area contributed by atoms with Crippen molar-refractivity contribution >= 4 is 28.9 Å². The molecule has 0 fully saturated rings. The highest BCUT2D eigenvalue weighted by molar-refractivity contribution is 8.13. The highest BCUT2D eigenvalue weighted by Crippen LogP contribution is 2.15. The first-order valence-electron chi connectivity index (χ1n) is 19.6. The topological polar surface area (TPSA) is 76.1 Å². The second-order valence-electron chi connectivity index (χ2n) is 13.5. The van der Waals surface area contributed by atoms with Gasteiger partial charge in [-0.15, -0.1) is 0 Å². The van der Waals surface area contributed by atoms with Gasteiger partial charge in [0, 0.05) is 31.8 Å². The number of unbranched alkanes of at least 4 members (excludes halogenated alkanes) is 13. The van der Waals surface area contributed by atoms with Crippen molar-refractivity contribution in [3.63, 3.8) is 0 Å². The molecule has 1 amide bonds. The zero-order chi connectivity index (χ0) is 36.5. The summed E-state index contributed by atoms with van der Waals surface area (Å²) in [6, 6.07) is 7.72. The van der Waals surface area contributed by atoms with E-state index in [1.54, 1.807) is 0 Å². The van der Waals surface area contributed by atoms with Crippen LogP contribution in [0.4, 0.5) is 4.79 Å². The maximum atomic E-state index is 13.1. The first kappa shape index (κ1) is 45.4. The number of thioether (sulfide) groups is 1. The lowest BCUT2D eigenvalue weighted by molar-refractivity contribution is -0.142. The lowest BCUT2D eigenvalue weighted by Crippen LogP contribution is -2.31. The molecule has 0 heterocycles. The summed E-state index contributed by atoms with van der Waals surface area (Å²) in [4.78, 5) is 41.8. The predicted octanol–water partition coefficient (Wildman–Crippen LogP) is 10.8. The largest absolute Gasteiger partial charge is 0.461 e. The molecule has 0 N–H and O–H groups in total. The number of hydrogen-bond donors (Lipinski definition) is 0. The third-order valence-electron chi connectivity index (χ3n) is 8.57. The second kappa shape index (κ2) is 32.3. The molecular formula is C42H70N2O5S. The van der Waals surface area contributed by atoms with Crippen LogP contribution in [0.5, 0.6) is 0 Å². The van der Waals surface area contributed by atoms with E-state index in [0.717, 1.165) is 95.2 Å². The Morgan fingerprint density at radius 3 is 1.94 bits per heavy atom. The molecule has 0 unspecified atom stereocenters. The summed E-state index contributed by atoms with van der Waals surface area (Å²) < 4.78 is 10.8. The highest BCUT2D eigenvalue weighted by Gasteiger charge is 2.14. The molecule has 8 heteroatoms. The van der Waals surface area contributed by atoms with Crippen LogP contribution in [0, 0.1) is 0 Å². The van der Waals surface area contributed by atoms with Gasteiger partial charge in [-0.3, -0.25) is 9.59 Å². The predicted molar refractivity (Wildman–Crippen MR) is 212 cm³/mol. The molecule has 50 heavy (non-hydrogen) atoms. The summed E-state index contributed by atoms with van der Waals surface area (Å²) in [5.41, 5.74) is 1.70. The van der Waals surface area contributed by atoms with Crippen LogP contribution in [0.2, 0.25) is 0 Å². The molecular weight excluding hydrogens is 645 g/mol. The Bertz CT molecular complexity index is 1070. The van der Waals surface area contributed by atoms with Crippen molar-refractivity contribution in [3.05, 3.63) is 59.7 Å². The third kappa shape index (κ3) is 26.3. The summed E-state index contributed by atoms with van der Waals surface area (Å²) >= 11 is 1.41. The molecule has 0 aromatic heterocycles. The van der Waals surface area contributed by atoms with Crippen molar-refractivity contribution in [1.82, 2.24) is 9.80 Å². The average Bonchev–Trinajstić information content (AvgIpc) is 3.10. The number of amides is 1. The summed E-state index contributed by atoms with van der Waals surface area (Å²) in [6.07, 6.45) is 28.2. The molecule has 7 nitrogen and oxygen atoms in total. The van der Waals surface area contributed by atoms with Crippen LogP contribution in [-0.4, -0.2) is 79.7 Å². The van der Waals surface area contributed by atoms with Crippen LogP contribution < -0.4 is 0 Å². The van der Waals surface area contributed by atoms with Gasteiger partial charge in [-0.25, -0.2) is 4.79 Å². The molecule has 0 aliphatic rings. The highest BCUT2D eigenvalue weighted by atomic mass is 32.2. The Hall–Kier alpha value is -2.58. The Morgan fingerprint density at radius 2 is 1.28 bits per heavy atom. The number of allylic oxidation sites excluding steroid dienone is 2. The van der Waals surface area contributed by atoms with E-state index >= 15 is 0 Å². The number of carbonyl (C=O) groups excluding carboxylic acids is 3. The smallest absolute Gasteiger partial charge is 0.338 e. The van der Waals surface area contributed by atoms with E-state index in [9.17, 15) is 14.4 Å². The van der Waals surface area contributed by atoms with Crippen LogP contribution in [-0.2, 0) is 20.7 Å². The molecule has 0 aliphatic carbocycles. The number of ether oxygens (including phenoxy) is 2. The van der Waals surface area contributed by atoms with Crippen molar-refractivity contribution in [2.24, 2.45) is 0 Å². The monoisotopic (exact) mass is 715 g/mol. The number of hydrogen-bond acceptors (Lipinski definition) is 7. The van der Waals surface area contributed by atoms with Crippen LogP contribution in [0.25, 0.3) is 0 Å². The number of esters is 2. The van der Waals surface area contributed by atoms with E-state index < -0.39 is 0 Å². The minimum absolute atomic E-state index is 0.116. The van der Waals surface area contributed by atoms with Crippen molar-refractivity contribution in [2.45, 2.75) is 136 Å². The molecule has 0 saturated carbocycles. The number of carbonyl (C=O) groups is 3. The zero-order valence-corrected chi connectivity index (χ0v) is 33.0. The summed E-state index contributed by atoms with van der Waals surface area (Å²) in [5.74, 6) is 0.380. The van der Waals surface area contributed by atoms with E-state index in [2.05, 4.69) is 37.0 Å². The lowest BCUT2D eigenvalue weighted by Gasteiger charge is -2.22. The van der Waals surface area contributed by atoms with Crippen molar-refractivity contribution in [3.8, 4) is 0 Å². The van der Waals surface area contributed by atoms with Crippen molar-refractivity contribution < 1.29 is 23.9 Å². The van der Waals surface area contributed by atoms with Gasteiger partial charge < -0.3 is 19.3 Å². The van der Waals surface area contributed by atoms with Crippen LogP contribution in [0.15, 0.2) is 48.6 Å². The normalized spacial score (nSPS) is 11.5. The summed E-state index contributed by atoms with van der Waals surface area (Å²) in [5, 5.41) is 0.157. The molecule has 0 bridgehead atoms. The molecule has 284 valence electrons. The molecule has 0 atom stereocenters. The van der Waals surface area contributed by atoms with E-state index in [1.807, 2.05) is 49.3 Å². The van der Waals surface area contributed by atoms with Crippen molar-refractivity contribution in [1.29, 1.82) is 0 Å². The standard InChI is InChI=1S/C42H70N2O5S/c1-5-7-9-11-13-18-24-34-48-40(45)30-20-16-15-17-22-31-44(42(47)50-36-33-43(3)4)32-23-21-27-38-28-26-29-39(37-38)41(46)49-35-25-19-14-12-10-8-6-2/h18-19,24-26,28-29,37H,5-17,20-23,27,30-36H2,1-4H3/b24-18-,25-19-. The Morgan fingerprint density at radius 1 is 0.680 bits per heavy atom. The Kier molecular flexibility index (Phi) is 29.4. The van der Waals surface area contributed by atoms with Gasteiger partial charge in [-0.1, -0.05) is 120 Å². The second-order valence-corrected chi connectivity index (χ2v) is 14.5. The van der Waals surface area contributed by atoms with Gasteiger partial charge in [-0.2, -0.15) is 0 Å². The minimum atomic E-state index is -0.287. The first-order chi connectivity index (χ1) is 24.4. The zero-order valence-electron chi connectivity index (χ0n) is 32.1. The first-order valence-corrected chi connectivity index (χ1v) is 20.6. The number of rotatable bonds is 31. The van der Waals surface area contributed by atoms with Gasteiger partial charge in [0.05, 0.1) is 5.56 Å². The van der Waals surface area contributed by atoms with Gasteiger partial charge >= 0.3 is 11.9 Å². The van der Waals surface area contributed by atoms with Gasteiger partial charge in [-0.05, 0) is 89.6 Å². The fraction of sp³-hybridized carbons (Fsp3) is 0.690. The van der Waals surface area contributed by atoms with E-state index in [4.69, 9.17) is 9.47 Å². The molecule has 1 aromatic rings. The fourth-order valence-corrected chi connectivity index (χ4v) is 6.46. The quantitative estimate of drug-likeness (QED) is 0.0430. The maximum Gasteiger partial charge on any atom is 0.338 e. The summed E-state index contributed by atoms with van der Waals surface area (Å²) in [6.45, 7) is 7.47. The van der Waals surface area contributed by atoms with E-state index in [0.29, 0.717) is 25.2 Å². The number of aryl methyl sites for hydroxylation is 1. The Balaban J connectivity index is 2.36. The lowest BCUT2D eigenvalue weighted by atomic mass is 10.0. The van der Waals surface area contributed by atoms with Crippen LogP contribution in [0.1, 0.15) is 145 Å². The van der Waals surface area contributed by atoms with Gasteiger partial charge in [0.25, 0.3) is 5.24 Å². The number of nitrogens with zero attached hydrogens (tertiary/aromatic N) is 2. The molecule has 1 rings (SSSR count). The summed E-state index contributed by atoms with van der Waals surface area (Å²) in [7, 11) is 4.05. The maximum absolute atomic E-state index is 13.1. The number of benzene rings is 1. The fourth-order valence-electron chi connectivity index (χ4n) is 5.46. The average molecular weight is 715 g/mol. The van der Waals surface area contributed by atoms with E-state index in [1.165, 1.54) is 63.1 Å². The SMILES string of the molecule is CCCCCC/C=C\COC(=O)CCCCCCCN(CCCCc1cccc(C(=O)OC/C=C\CCCCCC)c1)C(=O)SCCN(C)C.